The smallest absolute Gasteiger partial charge is 0.295 e. The van der Waals surface area contributed by atoms with Gasteiger partial charge in [-0.1, -0.05) is 57.2 Å². The van der Waals surface area contributed by atoms with Crippen molar-refractivity contribution >= 4 is 28.4 Å². The number of likely N-dealkylation sites (tertiary alicyclic amines) is 1. The van der Waals surface area contributed by atoms with Crippen LogP contribution in [-0.4, -0.2) is 47.4 Å². The summed E-state index contributed by atoms with van der Waals surface area (Å²) < 4.78 is 10.7. The average Bonchev–Trinajstić information content (AvgIpc) is 3.48. The molecule has 7 nitrogen and oxygen atoms in total. The maximum absolute atomic E-state index is 13.5. The lowest BCUT2D eigenvalue weighted by atomic mass is 9.85. The number of fused-ring (bicyclic) bond motifs is 1. The summed E-state index contributed by atoms with van der Waals surface area (Å²) in [4.78, 5) is 31.8. The minimum atomic E-state index is -0.736. The Bertz CT molecular complexity index is 1610. The Morgan fingerprint density at radius 1 is 0.950 bits per heavy atom. The molecule has 1 aliphatic rings. The Hall–Kier alpha value is -4.52. The average molecular weight is 539 g/mol. The second-order valence-electron chi connectivity index (χ2n) is 11.1. The van der Waals surface area contributed by atoms with Crippen LogP contribution < -0.4 is 9.47 Å². The van der Waals surface area contributed by atoms with Crippen molar-refractivity contribution in [1.82, 2.24) is 9.88 Å². The molecule has 2 N–H and O–H groups in total. The summed E-state index contributed by atoms with van der Waals surface area (Å²) in [5.74, 6) is -0.274. The number of ketones is 1. The molecule has 0 aliphatic carbocycles. The van der Waals surface area contributed by atoms with Crippen LogP contribution in [0, 0.1) is 0 Å². The van der Waals surface area contributed by atoms with Crippen molar-refractivity contribution in [1.29, 1.82) is 0 Å². The number of methoxy groups -OCH3 is 2. The predicted molar refractivity (Wildman–Crippen MR) is 156 cm³/mol. The van der Waals surface area contributed by atoms with Crippen molar-refractivity contribution in [3.8, 4) is 11.5 Å². The van der Waals surface area contributed by atoms with Crippen LogP contribution in [0.2, 0.25) is 0 Å². The maximum atomic E-state index is 13.5. The van der Waals surface area contributed by atoms with Crippen molar-refractivity contribution in [2.24, 2.45) is 0 Å². The van der Waals surface area contributed by atoms with E-state index in [-0.39, 0.29) is 23.3 Å². The van der Waals surface area contributed by atoms with Gasteiger partial charge in [0.05, 0.1) is 25.8 Å². The Morgan fingerprint density at radius 3 is 2.33 bits per heavy atom. The summed E-state index contributed by atoms with van der Waals surface area (Å²) in [7, 11) is 3.16. The van der Waals surface area contributed by atoms with Gasteiger partial charge in [-0.15, -0.1) is 0 Å². The van der Waals surface area contributed by atoms with E-state index in [4.69, 9.17) is 9.47 Å². The van der Waals surface area contributed by atoms with E-state index in [1.54, 1.807) is 36.3 Å². The molecule has 1 atom stereocenters. The largest absolute Gasteiger partial charge is 0.507 e. The molecule has 0 radical (unpaired) electrons. The second kappa shape index (κ2) is 10.6. The van der Waals surface area contributed by atoms with Crippen LogP contribution in [0.5, 0.6) is 11.5 Å². The Labute approximate surface area is 234 Å². The van der Waals surface area contributed by atoms with Gasteiger partial charge in [0.1, 0.15) is 17.3 Å². The van der Waals surface area contributed by atoms with Gasteiger partial charge in [-0.3, -0.25) is 9.59 Å². The molecule has 206 valence electrons. The Balaban J connectivity index is 1.57. The lowest BCUT2D eigenvalue weighted by Gasteiger charge is -2.26. The van der Waals surface area contributed by atoms with Crippen LogP contribution in [0.3, 0.4) is 0 Å². The summed E-state index contributed by atoms with van der Waals surface area (Å²) in [6, 6.07) is 19.8. The summed E-state index contributed by atoms with van der Waals surface area (Å²) in [6.45, 7) is 6.68. The minimum absolute atomic E-state index is 0.0582. The van der Waals surface area contributed by atoms with Gasteiger partial charge >= 0.3 is 0 Å². The molecule has 40 heavy (non-hydrogen) atoms. The van der Waals surface area contributed by atoms with E-state index >= 15 is 0 Å². The van der Waals surface area contributed by atoms with E-state index in [1.807, 2.05) is 48.7 Å². The fourth-order valence-electron chi connectivity index (χ4n) is 5.28. The molecule has 1 fully saturated rings. The summed E-state index contributed by atoms with van der Waals surface area (Å²) in [5, 5.41) is 12.4. The van der Waals surface area contributed by atoms with E-state index < -0.39 is 17.7 Å². The highest BCUT2D eigenvalue weighted by molar-refractivity contribution is 6.46. The van der Waals surface area contributed by atoms with E-state index in [0.717, 1.165) is 33.3 Å². The van der Waals surface area contributed by atoms with Crippen molar-refractivity contribution in [3.63, 3.8) is 0 Å². The standard InChI is InChI=1S/C33H34N2O5/c1-33(2,3)23-11-9-20(10-12-23)29-28(30(36)21-7-6-8-24(17-21)39-4)31(37)32(38)35(29)16-15-22-19-34-27-14-13-25(40-5)18-26(22)27/h6-14,17-19,29,34,36H,15-16H2,1-5H3/t29-/m0/s1. The molecule has 7 heteroatoms. The molecule has 1 aliphatic heterocycles. The molecule has 0 spiro atoms. The monoisotopic (exact) mass is 538 g/mol. The number of amides is 1. The van der Waals surface area contributed by atoms with Gasteiger partial charge in [0.15, 0.2) is 0 Å². The van der Waals surface area contributed by atoms with E-state index in [1.165, 1.54) is 7.11 Å². The quantitative estimate of drug-likeness (QED) is 0.167. The molecule has 1 saturated heterocycles. The number of H-pyrrole nitrogens is 1. The number of hydrogen-bond acceptors (Lipinski definition) is 5. The van der Waals surface area contributed by atoms with Gasteiger partial charge in [0.2, 0.25) is 0 Å². The molecule has 4 aromatic rings. The molecule has 3 aromatic carbocycles. The summed E-state index contributed by atoms with van der Waals surface area (Å²) in [6.07, 6.45) is 2.43. The molecule has 0 unspecified atom stereocenters. The third-order valence-corrected chi connectivity index (χ3v) is 7.57. The molecule has 0 bridgehead atoms. The number of ether oxygens (including phenoxy) is 2. The van der Waals surface area contributed by atoms with Crippen LogP contribution in [0.25, 0.3) is 16.7 Å². The third kappa shape index (κ3) is 4.95. The number of carbonyl (C=O) groups is 2. The lowest BCUT2D eigenvalue weighted by molar-refractivity contribution is -0.139. The number of nitrogens with zero attached hydrogens (tertiary/aromatic N) is 1. The number of hydrogen-bond donors (Lipinski definition) is 2. The van der Waals surface area contributed by atoms with Crippen molar-refractivity contribution in [3.05, 3.63) is 101 Å². The van der Waals surface area contributed by atoms with Gasteiger partial charge < -0.3 is 24.5 Å². The van der Waals surface area contributed by atoms with Crippen molar-refractivity contribution < 1.29 is 24.2 Å². The SMILES string of the molecule is COc1cccc(C(O)=C2C(=O)C(=O)N(CCc3c[nH]c4ccc(OC)cc34)[C@H]2c2ccc(C(C)(C)C)cc2)c1. The topological polar surface area (TPSA) is 91.9 Å². The number of aliphatic hydroxyl groups excluding tert-OH is 1. The number of aromatic nitrogens is 1. The van der Waals surface area contributed by atoms with Crippen LogP contribution in [0.15, 0.2) is 78.5 Å². The van der Waals surface area contributed by atoms with Crippen molar-refractivity contribution in [2.45, 2.75) is 38.6 Å². The Kier molecular flexibility index (Phi) is 7.15. The molecule has 1 amide bonds. The summed E-state index contributed by atoms with van der Waals surface area (Å²) >= 11 is 0. The minimum Gasteiger partial charge on any atom is -0.507 e. The molecular weight excluding hydrogens is 504 g/mol. The van der Waals surface area contributed by atoms with E-state index in [9.17, 15) is 14.7 Å². The fraction of sp³-hybridized carbons (Fsp3) is 0.273. The first-order chi connectivity index (χ1) is 19.1. The number of aromatic amines is 1. The van der Waals surface area contributed by atoms with E-state index in [2.05, 4.69) is 25.8 Å². The first-order valence-electron chi connectivity index (χ1n) is 13.3. The number of rotatable bonds is 7. The van der Waals surface area contributed by atoms with Crippen LogP contribution in [0.4, 0.5) is 0 Å². The second-order valence-corrected chi connectivity index (χ2v) is 11.1. The summed E-state index contributed by atoms with van der Waals surface area (Å²) in [5.41, 5.74) is 4.29. The molecular formula is C33H34N2O5. The molecule has 5 rings (SSSR count). The van der Waals surface area contributed by atoms with Crippen molar-refractivity contribution in [2.75, 3.05) is 20.8 Å². The van der Waals surface area contributed by atoms with Crippen LogP contribution in [0.1, 0.15) is 49.1 Å². The van der Waals surface area contributed by atoms with Gasteiger partial charge in [-0.2, -0.15) is 0 Å². The Morgan fingerprint density at radius 2 is 1.65 bits per heavy atom. The lowest BCUT2D eigenvalue weighted by Crippen LogP contribution is -2.31. The third-order valence-electron chi connectivity index (χ3n) is 7.57. The zero-order chi connectivity index (χ0) is 28.6. The van der Waals surface area contributed by atoms with Gasteiger partial charge in [-0.25, -0.2) is 0 Å². The molecule has 1 aromatic heterocycles. The van der Waals surface area contributed by atoms with E-state index in [0.29, 0.717) is 17.7 Å². The molecule has 2 heterocycles. The highest BCUT2D eigenvalue weighted by Crippen LogP contribution is 2.40. The first-order valence-corrected chi connectivity index (χ1v) is 13.3. The van der Waals surface area contributed by atoms with Gasteiger partial charge in [0.25, 0.3) is 11.7 Å². The fourth-order valence-corrected chi connectivity index (χ4v) is 5.28. The number of benzene rings is 3. The maximum Gasteiger partial charge on any atom is 0.295 e. The predicted octanol–water partition coefficient (Wildman–Crippen LogP) is 6.15. The number of carbonyl (C=O) groups excluding carboxylic acids is 2. The first kappa shape index (κ1) is 27.1. The van der Waals surface area contributed by atoms with Crippen LogP contribution in [-0.2, 0) is 21.4 Å². The normalized spacial score (nSPS) is 17.0. The van der Waals surface area contributed by atoms with Gasteiger partial charge in [0, 0.05) is 29.2 Å². The highest BCUT2D eigenvalue weighted by Gasteiger charge is 2.46. The number of Topliss-reactive ketones (excluding diaryl/α,β-unsaturated/α-hetero) is 1. The zero-order valence-corrected chi connectivity index (χ0v) is 23.4. The number of nitrogens with one attached hydrogen (secondary N) is 1. The van der Waals surface area contributed by atoms with Gasteiger partial charge in [-0.05, 0) is 58.9 Å². The zero-order valence-electron chi connectivity index (χ0n) is 23.4. The number of aliphatic hydroxyl groups is 1. The highest BCUT2D eigenvalue weighted by atomic mass is 16.5. The molecule has 0 saturated carbocycles. The van der Waals surface area contributed by atoms with Crippen LogP contribution >= 0.6 is 0 Å².